The van der Waals surface area contributed by atoms with E-state index in [0.717, 1.165) is 40.6 Å². The summed E-state index contributed by atoms with van der Waals surface area (Å²) in [4.78, 5) is 17.9. The predicted molar refractivity (Wildman–Crippen MR) is 106 cm³/mol. The molecule has 0 unspecified atom stereocenters. The van der Waals surface area contributed by atoms with Crippen molar-refractivity contribution in [1.29, 1.82) is 0 Å². The van der Waals surface area contributed by atoms with Crippen LogP contribution in [0.3, 0.4) is 0 Å². The highest BCUT2D eigenvalue weighted by atomic mass is 16.1. The Labute approximate surface area is 154 Å². The molecule has 0 spiro atoms. The largest absolute Gasteiger partial charge is 0.349 e. The normalized spacial score (nSPS) is 15.5. The maximum absolute atomic E-state index is 13.1. The Morgan fingerprint density at radius 3 is 2.35 bits per heavy atom. The SMILES string of the molecule is O=C(NC1CCCCCC1)c1cc(-c2ccccc2)nc2ccccc12. The van der Waals surface area contributed by atoms with Gasteiger partial charge in [-0.25, -0.2) is 4.98 Å². The molecule has 3 heteroatoms. The van der Waals surface area contributed by atoms with Crippen molar-refractivity contribution in [3.05, 3.63) is 66.2 Å². The summed E-state index contributed by atoms with van der Waals surface area (Å²) in [6.45, 7) is 0. The van der Waals surface area contributed by atoms with Gasteiger partial charge in [0.1, 0.15) is 0 Å². The van der Waals surface area contributed by atoms with Crippen molar-refractivity contribution in [3.63, 3.8) is 0 Å². The van der Waals surface area contributed by atoms with Gasteiger partial charge in [-0.05, 0) is 25.0 Å². The number of carbonyl (C=O) groups is 1. The summed E-state index contributed by atoms with van der Waals surface area (Å²) < 4.78 is 0. The van der Waals surface area contributed by atoms with Crippen LogP contribution in [0.5, 0.6) is 0 Å². The van der Waals surface area contributed by atoms with Crippen molar-refractivity contribution in [1.82, 2.24) is 10.3 Å². The topological polar surface area (TPSA) is 42.0 Å². The van der Waals surface area contributed by atoms with Gasteiger partial charge in [-0.2, -0.15) is 0 Å². The highest BCUT2D eigenvalue weighted by molar-refractivity contribution is 6.07. The first-order chi connectivity index (χ1) is 12.8. The Bertz CT molecular complexity index is 896. The molecule has 1 amide bonds. The van der Waals surface area contributed by atoms with Gasteiger partial charge in [-0.15, -0.1) is 0 Å². The van der Waals surface area contributed by atoms with Crippen molar-refractivity contribution in [2.75, 3.05) is 0 Å². The number of hydrogen-bond acceptors (Lipinski definition) is 2. The lowest BCUT2D eigenvalue weighted by Gasteiger charge is -2.17. The number of carbonyl (C=O) groups excluding carboxylic acids is 1. The maximum atomic E-state index is 13.1. The van der Waals surface area contributed by atoms with Crippen LogP contribution >= 0.6 is 0 Å². The van der Waals surface area contributed by atoms with Crippen LogP contribution < -0.4 is 5.32 Å². The number of para-hydroxylation sites is 1. The number of amides is 1. The van der Waals surface area contributed by atoms with Gasteiger partial charge in [0.25, 0.3) is 5.91 Å². The fourth-order valence-electron chi connectivity index (χ4n) is 3.81. The minimum absolute atomic E-state index is 0.0210. The zero-order valence-electron chi connectivity index (χ0n) is 14.9. The molecule has 0 saturated heterocycles. The molecule has 1 fully saturated rings. The summed E-state index contributed by atoms with van der Waals surface area (Å²) in [6, 6.07) is 20.2. The van der Waals surface area contributed by atoms with Gasteiger partial charge in [0.05, 0.1) is 16.8 Å². The highest BCUT2D eigenvalue weighted by Crippen LogP contribution is 2.25. The second kappa shape index (κ2) is 7.69. The van der Waals surface area contributed by atoms with Gasteiger partial charge in [0, 0.05) is 17.0 Å². The third-order valence-corrected chi connectivity index (χ3v) is 5.22. The average molecular weight is 344 g/mol. The first-order valence-electron chi connectivity index (χ1n) is 9.57. The molecule has 0 radical (unpaired) electrons. The lowest BCUT2D eigenvalue weighted by Crippen LogP contribution is -2.34. The average Bonchev–Trinajstić information content (AvgIpc) is 2.96. The summed E-state index contributed by atoms with van der Waals surface area (Å²) in [5.41, 5.74) is 3.45. The summed E-state index contributed by atoms with van der Waals surface area (Å²) in [5.74, 6) is 0.0210. The van der Waals surface area contributed by atoms with E-state index in [0.29, 0.717) is 0 Å². The number of fused-ring (bicyclic) bond motifs is 1. The van der Waals surface area contributed by atoms with E-state index >= 15 is 0 Å². The molecule has 1 aromatic heterocycles. The van der Waals surface area contributed by atoms with Crippen molar-refractivity contribution >= 4 is 16.8 Å². The molecule has 132 valence electrons. The van der Waals surface area contributed by atoms with Crippen LogP contribution in [0.25, 0.3) is 22.2 Å². The Hall–Kier alpha value is -2.68. The quantitative estimate of drug-likeness (QED) is 0.650. The molecule has 1 N–H and O–H groups in total. The summed E-state index contributed by atoms with van der Waals surface area (Å²) in [5, 5.41) is 4.19. The molecule has 3 aromatic rings. The number of pyridine rings is 1. The third-order valence-electron chi connectivity index (χ3n) is 5.22. The molecular weight excluding hydrogens is 320 g/mol. The van der Waals surface area contributed by atoms with E-state index in [4.69, 9.17) is 4.98 Å². The standard InChI is InChI=1S/C23H24N2O/c26-23(24-18-12-6-1-2-7-13-18)20-16-22(17-10-4-3-5-11-17)25-21-15-9-8-14-19(20)21/h3-5,8-11,14-16,18H,1-2,6-7,12-13H2,(H,24,26). The lowest BCUT2D eigenvalue weighted by molar-refractivity contribution is 0.0935. The number of rotatable bonds is 3. The molecule has 26 heavy (non-hydrogen) atoms. The van der Waals surface area contributed by atoms with Crippen LogP contribution in [0.1, 0.15) is 48.9 Å². The van der Waals surface area contributed by atoms with E-state index in [1.165, 1.54) is 25.7 Å². The Balaban J connectivity index is 1.71. The molecule has 2 aromatic carbocycles. The number of aromatic nitrogens is 1. The second-order valence-electron chi connectivity index (χ2n) is 7.10. The zero-order valence-corrected chi connectivity index (χ0v) is 14.9. The fourth-order valence-corrected chi connectivity index (χ4v) is 3.81. The third kappa shape index (κ3) is 3.62. The van der Waals surface area contributed by atoms with E-state index < -0.39 is 0 Å². The summed E-state index contributed by atoms with van der Waals surface area (Å²) in [7, 11) is 0. The number of nitrogens with one attached hydrogen (secondary N) is 1. The molecule has 1 heterocycles. The minimum atomic E-state index is 0.0210. The van der Waals surface area contributed by atoms with Crippen molar-refractivity contribution < 1.29 is 4.79 Å². The van der Waals surface area contributed by atoms with Crippen molar-refractivity contribution in [2.24, 2.45) is 0 Å². The summed E-state index contributed by atoms with van der Waals surface area (Å²) >= 11 is 0. The first kappa shape index (κ1) is 16.8. The van der Waals surface area contributed by atoms with Gasteiger partial charge in [-0.1, -0.05) is 74.2 Å². The molecule has 4 rings (SSSR count). The summed E-state index contributed by atoms with van der Waals surface area (Å²) in [6.07, 6.45) is 7.14. The van der Waals surface area contributed by atoms with Gasteiger partial charge in [-0.3, -0.25) is 4.79 Å². The number of benzene rings is 2. The number of nitrogens with zero attached hydrogens (tertiary/aromatic N) is 1. The molecular formula is C23H24N2O. The molecule has 0 aliphatic heterocycles. The van der Waals surface area contributed by atoms with E-state index in [2.05, 4.69) is 5.32 Å². The van der Waals surface area contributed by atoms with Crippen LogP contribution in [0.2, 0.25) is 0 Å². The van der Waals surface area contributed by atoms with E-state index in [9.17, 15) is 4.79 Å². The molecule has 0 bridgehead atoms. The van der Waals surface area contributed by atoms with Gasteiger partial charge < -0.3 is 5.32 Å². The highest BCUT2D eigenvalue weighted by Gasteiger charge is 2.18. The van der Waals surface area contributed by atoms with E-state index in [1.54, 1.807) is 0 Å². The Morgan fingerprint density at radius 1 is 0.885 bits per heavy atom. The van der Waals surface area contributed by atoms with Crippen molar-refractivity contribution in [2.45, 2.75) is 44.6 Å². The smallest absolute Gasteiger partial charge is 0.252 e. The Kier molecular flexibility index (Phi) is 4.96. The zero-order chi connectivity index (χ0) is 17.8. The molecule has 1 aliphatic rings. The maximum Gasteiger partial charge on any atom is 0.252 e. The van der Waals surface area contributed by atoms with Crippen LogP contribution in [0.15, 0.2) is 60.7 Å². The van der Waals surface area contributed by atoms with E-state index in [1.807, 2.05) is 60.7 Å². The molecule has 1 saturated carbocycles. The van der Waals surface area contributed by atoms with Crippen LogP contribution in [-0.4, -0.2) is 16.9 Å². The predicted octanol–water partition coefficient (Wildman–Crippen LogP) is 5.35. The molecule has 1 aliphatic carbocycles. The van der Waals surface area contributed by atoms with Gasteiger partial charge in [0.15, 0.2) is 0 Å². The van der Waals surface area contributed by atoms with Crippen molar-refractivity contribution in [3.8, 4) is 11.3 Å². The second-order valence-corrected chi connectivity index (χ2v) is 7.10. The Morgan fingerprint density at radius 2 is 1.58 bits per heavy atom. The molecule has 3 nitrogen and oxygen atoms in total. The van der Waals surface area contributed by atoms with Crippen LogP contribution in [-0.2, 0) is 0 Å². The molecule has 0 atom stereocenters. The van der Waals surface area contributed by atoms with Gasteiger partial charge in [0.2, 0.25) is 0 Å². The minimum Gasteiger partial charge on any atom is -0.349 e. The van der Waals surface area contributed by atoms with Crippen LogP contribution in [0.4, 0.5) is 0 Å². The lowest BCUT2D eigenvalue weighted by atomic mass is 10.0. The first-order valence-corrected chi connectivity index (χ1v) is 9.57. The fraction of sp³-hybridized carbons (Fsp3) is 0.304. The van der Waals surface area contributed by atoms with E-state index in [-0.39, 0.29) is 11.9 Å². The van der Waals surface area contributed by atoms with Gasteiger partial charge >= 0.3 is 0 Å². The monoisotopic (exact) mass is 344 g/mol. The van der Waals surface area contributed by atoms with Crippen LogP contribution in [0, 0.1) is 0 Å². The number of hydrogen-bond donors (Lipinski definition) is 1.